The maximum Gasteiger partial charge on any atom is 0.371 e. The lowest BCUT2D eigenvalue weighted by molar-refractivity contribution is -0.393. The molecule has 0 bridgehead atoms. The fourth-order valence-electron chi connectivity index (χ4n) is 1.47. The molecule has 92 valence electrons. The Labute approximate surface area is 97.5 Å². The van der Waals surface area contributed by atoms with Gasteiger partial charge in [-0.15, -0.1) is 0 Å². The van der Waals surface area contributed by atoms with Crippen molar-refractivity contribution in [3.63, 3.8) is 0 Å². The van der Waals surface area contributed by atoms with E-state index >= 15 is 0 Å². The lowest BCUT2D eigenvalue weighted by Gasteiger charge is -1.94. The Bertz CT molecular complexity index is 688. The van der Waals surface area contributed by atoms with Crippen molar-refractivity contribution in [2.75, 3.05) is 0 Å². The van der Waals surface area contributed by atoms with Gasteiger partial charge in [-0.3, -0.25) is 20.2 Å². The van der Waals surface area contributed by atoms with Crippen LogP contribution in [0, 0.1) is 20.2 Å². The Morgan fingerprint density at radius 3 is 2.33 bits per heavy atom. The third-order valence-corrected chi connectivity index (χ3v) is 2.20. The molecule has 1 aromatic heterocycles. The van der Waals surface area contributed by atoms with Gasteiger partial charge in [0, 0.05) is 11.5 Å². The van der Waals surface area contributed by atoms with Gasteiger partial charge in [-0.05, 0) is 6.07 Å². The highest BCUT2D eigenvalue weighted by molar-refractivity contribution is 5.95. The quantitative estimate of drug-likeness (QED) is 0.650. The smallest absolute Gasteiger partial charge is 0.371 e. The van der Waals surface area contributed by atoms with E-state index in [1.807, 2.05) is 0 Å². The molecule has 1 N–H and O–H groups in total. The number of nitro benzene ring substituents is 2. The molecular weight excluding hydrogens is 248 g/mol. The maximum atomic E-state index is 10.7. The normalized spacial score (nSPS) is 10.4. The van der Waals surface area contributed by atoms with Crippen molar-refractivity contribution in [3.05, 3.63) is 44.2 Å². The van der Waals surface area contributed by atoms with E-state index in [2.05, 4.69) is 0 Å². The number of furan rings is 1. The SMILES string of the molecule is O=C(O)c1cc2cc([N+](=O)[O-])cc([N+](=O)[O-])c2o1. The summed E-state index contributed by atoms with van der Waals surface area (Å²) in [5, 5.41) is 30.0. The maximum absolute atomic E-state index is 10.7. The van der Waals surface area contributed by atoms with E-state index in [0.29, 0.717) is 0 Å². The summed E-state index contributed by atoms with van der Waals surface area (Å²) < 4.78 is 4.79. The van der Waals surface area contributed by atoms with Crippen LogP contribution in [-0.2, 0) is 0 Å². The fraction of sp³-hybridized carbons (Fsp3) is 0. The molecule has 0 atom stereocenters. The zero-order valence-electron chi connectivity index (χ0n) is 8.52. The van der Waals surface area contributed by atoms with E-state index in [9.17, 15) is 25.0 Å². The van der Waals surface area contributed by atoms with Gasteiger partial charge in [-0.1, -0.05) is 0 Å². The van der Waals surface area contributed by atoms with E-state index in [1.54, 1.807) is 0 Å². The molecule has 0 radical (unpaired) electrons. The van der Waals surface area contributed by atoms with E-state index in [-0.39, 0.29) is 11.0 Å². The molecule has 2 rings (SSSR count). The first-order valence-corrected chi connectivity index (χ1v) is 4.50. The van der Waals surface area contributed by atoms with Crippen LogP contribution in [0.15, 0.2) is 22.6 Å². The molecule has 9 heteroatoms. The number of carbonyl (C=O) groups is 1. The number of nitro groups is 2. The number of fused-ring (bicyclic) bond motifs is 1. The monoisotopic (exact) mass is 252 g/mol. The van der Waals surface area contributed by atoms with Gasteiger partial charge in [0.2, 0.25) is 11.3 Å². The highest BCUT2D eigenvalue weighted by Gasteiger charge is 2.24. The van der Waals surface area contributed by atoms with Gasteiger partial charge in [0.05, 0.1) is 15.9 Å². The van der Waals surface area contributed by atoms with Crippen LogP contribution in [0.25, 0.3) is 11.0 Å². The van der Waals surface area contributed by atoms with Crippen LogP contribution in [0.4, 0.5) is 11.4 Å². The minimum absolute atomic E-state index is 0.00620. The van der Waals surface area contributed by atoms with Gasteiger partial charge >= 0.3 is 11.7 Å². The second-order valence-electron chi connectivity index (χ2n) is 3.31. The molecule has 0 aliphatic heterocycles. The average molecular weight is 252 g/mol. The first-order chi connectivity index (χ1) is 8.40. The van der Waals surface area contributed by atoms with Crippen LogP contribution >= 0.6 is 0 Å². The van der Waals surface area contributed by atoms with Crippen molar-refractivity contribution in [1.29, 1.82) is 0 Å². The second-order valence-corrected chi connectivity index (χ2v) is 3.31. The third-order valence-electron chi connectivity index (χ3n) is 2.20. The first kappa shape index (κ1) is 11.5. The minimum Gasteiger partial charge on any atom is -0.475 e. The Kier molecular flexibility index (Phi) is 2.43. The van der Waals surface area contributed by atoms with E-state index < -0.39 is 33.0 Å². The summed E-state index contributed by atoms with van der Waals surface area (Å²) >= 11 is 0. The first-order valence-electron chi connectivity index (χ1n) is 4.50. The summed E-state index contributed by atoms with van der Waals surface area (Å²) in [6.07, 6.45) is 0. The summed E-state index contributed by atoms with van der Waals surface area (Å²) in [6, 6.07) is 2.73. The topological polar surface area (TPSA) is 137 Å². The van der Waals surface area contributed by atoms with Crippen molar-refractivity contribution < 1.29 is 24.2 Å². The van der Waals surface area contributed by atoms with Gasteiger partial charge in [0.25, 0.3) is 5.69 Å². The summed E-state index contributed by atoms with van der Waals surface area (Å²) in [6.45, 7) is 0. The third kappa shape index (κ3) is 1.73. The Hall–Kier alpha value is -2.97. The summed E-state index contributed by atoms with van der Waals surface area (Å²) in [5.74, 6) is -1.93. The zero-order valence-corrected chi connectivity index (χ0v) is 8.52. The second kappa shape index (κ2) is 3.80. The molecular formula is C9H4N2O7. The van der Waals surface area contributed by atoms with Crippen LogP contribution in [-0.4, -0.2) is 20.9 Å². The number of carboxylic acids is 1. The van der Waals surface area contributed by atoms with Crippen LogP contribution in [0.3, 0.4) is 0 Å². The summed E-state index contributed by atoms with van der Waals surface area (Å²) in [5.41, 5.74) is -1.46. The highest BCUT2D eigenvalue weighted by atomic mass is 16.6. The Morgan fingerprint density at radius 1 is 1.17 bits per heavy atom. The van der Waals surface area contributed by atoms with Crippen LogP contribution < -0.4 is 0 Å². The van der Waals surface area contributed by atoms with Gasteiger partial charge in [-0.2, -0.15) is 0 Å². The molecule has 18 heavy (non-hydrogen) atoms. The van der Waals surface area contributed by atoms with Gasteiger partial charge < -0.3 is 9.52 Å². The van der Waals surface area contributed by atoms with Gasteiger partial charge in [0.1, 0.15) is 0 Å². The lowest BCUT2D eigenvalue weighted by atomic mass is 10.2. The number of aromatic carboxylic acids is 1. The van der Waals surface area contributed by atoms with Crippen molar-refractivity contribution in [1.82, 2.24) is 0 Å². The van der Waals surface area contributed by atoms with Crippen LogP contribution in [0.2, 0.25) is 0 Å². The zero-order chi connectivity index (χ0) is 13.4. The molecule has 0 amide bonds. The number of benzene rings is 1. The van der Waals surface area contributed by atoms with Crippen LogP contribution in [0.5, 0.6) is 0 Å². The standard InChI is InChI=1S/C9H4N2O7/c12-9(13)7-2-4-1-5(10(14)15)3-6(11(16)17)8(4)18-7/h1-3H,(H,12,13). The minimum atomic E-state index is -1.41. The molecule has 0 saturated carbocycles. The van der Waals surface area contributed by atoms with Crippen molar-refractivity contribution in [3.8, 4) is 0 Å². The molecule has 1 heterocycles. The Balaban J connectivity index is 2.81. The predicted molar refractivity (Wildman–Crippen MR) is 56.5 cm³/mol. The predicted octanol–water partition coefficient (Wildman–Crippen LogP) is 1.95. The molecule has 0 aliphatic carbocycles. The van der Waals surface area contributed by atoms with Crippen molar-refractivity contribution >= 4 is 28.3 Å². The number of non-ortho nitro benzene ring substituents is 2. The van der Waals surface area contributed by atoms with Gasteiger partial charge in [0.15, 0.2) is 0 Å². The number of nitrogens with zero attached hydrogens (tertiary/aromatic N) is 2. The number of hydrogen-bond acceptors (Lipinski definition) is 6. The van der Waals surface area contributed by atoms with Crippen molar-refractivity contribution in [2.45, 2.75) is 0 Å². The fourth-order valence-corrected chi connectivity index (χ4v) is 1.47. The summed E-state index contributed by atoms with van der Waals surface area (Å²) in [7, 11) is 0. The number of hydrogen-bond donors (Lipinski definition) is 1. The number of rotatable bonds is 3. The van der Waals surface area contributed by atoms with E-state index in [0.717, 1.165) is 18.2 Å². The molecule has 0 fully saturated rings. The summed E-state index contributed by atoms with van der Waals surface area (Å²) in [4.78, 5) is 30.3. The number of carboxylic acid groups (broad SMARTS) is 1. The Morgan fingerprint density at radius 2 is 1.83 bits per heavy atom. The average Bonchev–Trinajstić information content (AvgIpc) is 2.70. The molecule has 9 nitrogen and oxygen atoms in total. The lowest BCUT2D eigenvalue weighted by Crippen LogP contribution is -1.93. The van der Waals surface area contributed by atoms with E-state index in [4.69, 9.17) is 9.52 Å². The van der Waals surface area contributed by atoms with Crippen LogP contribution in [0.1, 0.15) is 10.6 Å². The largest absolute Gasteiger partial charge is 0.475 e. The molecule has 0 unspecified atom stereocenters. The van der Waals surface area contributed by atoms with Crippen molar-refractivity contribution in [2.24, 2.45) is 0 Å². The van der Waals surface area contributed by atoms with E-state index in [1.165, 1.54) is 0 Å². The molecule has 0 saturated heterocycles. The molecule has 1 aromatic carbocycles. The highest BCUT2D eigenvalue weighted by Crippen LogP contribution is 2.33. The molecule has 2 aromatic rings. The van der Waals surface area contributed by atoms with Gasteiger partial charge in [-0.25, -0.2) is 4.79 Å². The molecule has 0 aliphatic rings. The molecule has 0 spiro atoms.